The Morgan fingerprint density at radius 3 is 2.48 bits per heavy atom. The Hall–Kier alpha value is -3.20. The first kappa shape index (κ1) is 16.7. The average molecular weight is 378 g/mol. The summed E-state index contributed by atoms with van der Waals surface area (Å²) in [4.78, 5) is 9.40. The minimum atomic E-state index is 0.669. The van der Waals surface area contributed by atoms with Crippen molar-refractivity contribution in [2.45, 2.75) is 38.0 Å². The highest BCUT2D eigenvalue weighted by Gasteiger charge is 2.18. The van der Waals surface area contributed by atoms with E-state index in [4.69, 9.17) is 9.40 Å². The quantitative estimate of drug-likeness (QED) is 0.325. The maximum absolute atomic E-state index is 6.24. The standard InChI is InChI=1S/C26H22N2O/c1-2-7-17(8-3-1)18-13-14-23(27-15-18)21-11-6-12-22-24-20-10-5-4-9-19(20)16-28-26(24)29-25(21)22/h4-6,9-17H,1-3,7-8H2. The highest BCUT2D eigenvalue weighted by atomic mass is 16.3. The van der Waals surface area contributed by atoms with Gasteiger partial charge in [-0.15, -0.1) is 0 Å². The van der Waals surface area contributed by atoms with Gasteiger partial charge in [0.1, 0.15) is 5.58 Å². The van der Waals surface area contributed by atoms with Crippen LogP contribution in [-0.2, 0) is 0 Å². The van der Waals surface area contributed by atoms with Crippen molar-refractivity contribution in [3.63, 3.8) is 0 Å². The molecule has 0 unspecified atom stereocenters. The van der Waals surface area contributed by atoms with Gasteiger partial charge in [-0.3, -0.25) is 4.98 Å². The summed E-state index contributed by atoms with van der Waals surface area (Å²) >= 11 is 0. The third-order valence-corrected chi connectivity index (χ3v) is 6.39. The van der Waals surface area contributed by atoms with Gasteiger partial charge >= 0.3 is 0 Å². The molecule has 0 aliphatic heterocycles. The van der Waals surface area contributed by atoms with Crippen LogP contribution < -0.4 is 0 Å². The minimum Gasteiger partial charge on any atom is -0.437 e. The van der Waals surface area contributed by atoms with E-state index in [0.29, 0.717) is 11.6 Å². The molecule has 1 fully saturated rings. The number of hydrogen-bond donors (Lipinski definition) is 0. The van der Waals surface area contributed by atoms with Gasteiger partial charge in [0.15, 0.2) is 0 Å². The second-order valence-corrected chi connectivity index (χ2v) is 8.12. The Balaban J connectivity index is 1.50. The molecule has 3 heterocycles. The number of benzene rings is 2. The van der Waals surface area contributed by atoms with Crippen molar-refractivity contribution in [3.8, 4) is 11.3 Å². The Labute approximate surface area is 169 Å². The van der Waals surface area contributed by atoms with Crippen molar-refractivity contribution in [1.82, 2.24) is 9.97 Å². The fourth-order valence-corrected chi connectivity index (χ4v) is 4.87. The van der Waals surface area contributed by atoms with Crippen LogP contribution in [0.25, 0.3) is 44.1 Å². The molecular weight excluding hydrogens is 356 g/mol. The van der Waals surface area contributed by atoms with E-state index in [0.717, 1.165) is 33.0 Å². The number of nitrogens with zero attached hydrogens (tertiary/aromatic N) is 2. The Bertz CT molecular complexity index is 1330. The normalized spacial score (nSPS) is 15.4. The summed E-state index contributed by atoms with van der Waals surface area (Å²) < 4.78 is 6.24. The van der Waals surface area contributed by atoms with Gasteiger partial charge < -0.3 is 4.42 Å². The second kappa shape index (κ2) is 6.70. The first-order valence-electron chi connectivity index (χ1n) is 10.5. The lowest BCUT2D eigenvalue weighted by atomic mass is 9.85. The highest BCUT2D eigenvalue weighted by molar-refractivity contribution is 6.19. The maximum Gasteiger partial charge on any atom is 0.227 e. The minimum absolute atomic E-state index is 0.669. The predicted octanol–water partition coefficient (Wildman–Crippen LogP) is 7.24. The molecule has 1 aliphatic rings. The Morgan fingerprint density at radius 2 is 1.62 bits per heavy atom. The highest BCUT2D eigenvalue weighted by Crippen LogP contribution is 2.38. The summed E-state index contributed by atoms with van der Waals surface area (Å²) in [6, 6.07) is 19.0. The summed E-state index contributed by atoms with van der Waals surface area (Å²) in [5, 5.41) is 4.48. The third-order valence-electron chi connectivity index (χ3n) is 6.39. The fourth-order valence-electron chi connectivity index (χ4n) is 4.87. The number of fused-ring (bicyclic) bond motifs is 5. The van der Waals surface area contributed by atoms with Crippen LogP contribution in [0.1, 0.15) is 43.6 Å². The molecule has 142 valence electrons. The first-order valence-corrected chi connectivity index (χ1v) is 10.5. The van der Waals surface area contributed by atoms with E-state index in [9.17, 15) is 0 Å². The van der Waals surface area contributed by atoms with Crippen LogP contribution >= 0.6 is 0 Å². The molecule has 0 spiro atoms. The Morgan fingerprint density at radius 1 is 0.759 bits per heavy atom. The summed E-state index contributed by atoms with van der Waals surface area (Å²) in [5.41, 5.74) is 4.91. The molecule has 6 rings (SSSR count). The molecule has 0 saturated heterocycles. The van der Waals surface area contributed by atoms with E-state index in [1.54, 1.807) is 0 Å². The van der Waals surface area contributed by atoms with Crippen molar-refractivity contribution in [3.05, 3.63) is 72.6 Å². The van der Waals surface area contributed by atoms with Gasteiger partial charge in [-0.1, -0.05) is 61.7 Å². The van der Waals surface area contributed by atoms with Crippen LogP contribution in [0.4, 0.5) is 0 Å². The van der Waals surface area contributed by atoms with E-state index >= 15 is 0 Å². The SMILES string of the molecule is c1ccc2c(c1)cnc1oc3c(-c4ccc(C5CCCCC5)cn4)cccc3c12. The van der Waals surface area contributed by atoms with Crippen LogP contribution in [0.5, 0.6) is 0 Å². The largest absolute Gasteiger partial charge is 0.437 e. The number of para-hydroxylation sites is 1. The van der Waals surface area contributed by atoms with E-state index in [1.807, 2.05) is 12.3 Å². The lowest BCUT2D eigenvalue weighted by molar-refractivity contribution is 0.443. The molecule has 3 nitrogen and oxygen atoms in total. The number of rotatable bonds is 2. The summed E-state index contributed by atoms with van der Waals surface area (Å²) in [6.07, 6.45) is 10.6. The number of aromatic nitrogens is 2. The van der Waals surface area contributed by atoms with E-state index in [-0.39, 0.29) is 0 Å². The van der Waals surface area contributed by atoms with E-state index < -0.39 is 0 Å². The molecule has 2 aromatic carbocycles. The summed E-state index contributed by atoms with van der Waals surface area (Å²) in [5.74, 6) is 0.669. The molecule has 0 bridgehead atoms. The fraction of sp³-hybridized carbons (Fsp3) is 0.231. The molecule has 5 aromatic rings. The van der Waals surface area contributed by atoms with Crippen LogP contribution in [0.2, 0.25) is 0 Å². The van der Waals surface area contributed by atoms with E-state index in [1.165, 1.54) is 43.1 Å². The molecular formula is C26H22N2O. The molecule has 0 radical (unpaired) electrons. The van der Waals surface area contributed by atoms with Crippen LogP contribution in [0.3, 0.4) is 0 Å². The van der Waals surface area contributed by atoms with Gasteiger partial charge in [0.05, 0.1) is 11.1 Å². The van der Waals surface area contributed by atoms with E-state index in [2.05, 4.69) is 59.7 Å². The van der Waals surface area contributed by atoms with Crippen LogP contribution in [0.15, 0.2) is 71.4 Å². The van der Waals surface area contributed by atoms with Crippen LogP contribution in [0, 0.1) is 0 Å². The van der Waals surface area contributed by atoms with Crippen molar-refractivity contribution in [2.75, 3.05) is 0 Å². The number of hydrogen-bond acceptors (Lipinski definition) is 3. The molecule has 3 heteroatoms. The van der Waals surface area contributed by atoms with Gasteiger partial charge in [-0.2, -0.15) is 0 Å². The molecule has 1 saturated carbocycles. The Kier molecular flexibility index (Phi) is 3.86. The average Bonchev–Trinajstić information content (AvgIpc) is 3.19. The van der Waals surface area contributed by atoms with Crippen molar-refractivity contribution in [1.29, 1.82) is 0 Å². The molecule has 1 aliphatic carbocycles. The predicted molar refractivity (Wildman–Crippen MR) is 118 cm³/mol. The van der Waals surface area contributed by atoms with Crippen molar-refractivity contribution in [2.24, 2.45) is 0 Å². The first-order chi connectivity index (χ1) is 14.4. The van der Waals surface area contributed by atoms with Crippen LogP contribution in [-0.4, -0.2) is 9.97 Å². The number of pyridine rings is 2. The number of furan rings is 1. The van der Waals surface area contributed by atoms with Gasteiger partial charge in [-0.05, 0) is 41.8 Å². The molecule has 0 N–H and O–H groups in total. The lowest BCUT2D eigenvalue weighted by Gasteiger charge is -2.21. The van der Waals surface area contributed by atoms with Gasteiger partial charge in [0, 0.05) is 28.7 Å². The molecule has 29 heavy (non-hydrogen) atoms. The maximum atomic E-state index is 6.24. The third kappa shape index (κ3) is 2.72. The second-order valence-electron chi connectivity index (χ2n) is 8.12. The van der Waals surface area contributed by atoms with Crippen molar-refractivity contribution < 1.29 is 4.42 Å². The zero-order chi connectivity index (χ0) is 19.2. The molecule has 0 atom stereocenters. The topological polar surface area (TPSA) is 38.9 Å². The van der Waals surface area contributed by atoms with Crippen molar-refractivity contribution >= 4 is 32.8 Å². The lowest BCUT2D eigenvalue weighted by Crippen LogP contribution is -2.04. The molecule has 0 amide bonds. The zero-order valence-electron chi connectivity index (χ0n) is 16.3. The smallest absolute Gasteiger partial charge is 0.227 e. The van der Waals surface area contributed by atoms with Gasteiger partial charge in [0.25, 0.3) is 0 Å². The molecule has 3 aromatic heterocycles. The van der Waals surface area contributed by atoms with Gasteiger partial charge in [0.2, 0.25) is 5.71 Å². The summed E-state index contributed by atoms with van der Waals surface area (Å²) in [6.45, 7) is 0. The summed E-state index contributed by atoms with van der Waals surface area (Å²) in [7, 11) is 0. The van der Waals surface area contributed by atoms with Gasteiger partial charge in [-0.25, -0.2) is 4.98 Å². The monoisotopic (exact) mass is 378 g/mol. The zero-order valence-corrected chi connectivity index (χ0v) is 16.3.